The van der Waals surface area contributed by atoms with Gasteiger partial charge in [0.05, 0.1) is 12.8 Å². The van der Waals surface area contributed by atoms with E-state index in [4.69, 9.17) is 20.9 Å². The molecule has 0 aliphatic rings. The molecule has 0 atom stereocenters. The second kappa shape index (κ2) is 8.48. The highest BCUT2D eigenvalue weighted by molar-refractivity contribution is 5.74. The lowest BCUT2D eigenvalue weighted by Crippen LogP contribution is -2.05. The number of methoxy groups -OCH3 is 1. The van der Waals surface area contributed by atoms with E-state index in [0.29, 0.717) is 22.9 Å². The van der Waals surface area contributed by atoms with Gasteiger partial charge < -0.3 is 20.9 Å². The number of benzene rings is 2. The standard InChI is InChI=1S/C22H23N5O2/c1-13(2)14-4-7-17(8-5-14)29-12-16-10-15(6-9-19(16)28-3)20-18(11-23)21(24)27-22(25)26-20/h4-10,13H,12H2,1-3H3,(H4,24,25,26,27). The first kappa shape index (κ1) is 20.0. The van der Waals surface area contributed by atoms with Crippen LogP contribution >= 0.6 is 0 Å². The predicted octanol–water partition coefficient (Wildman–Crippen LogP) is 3.89. The lowest BCUT2D eigenvalue weighted by Gasteiger charge is -2.14. The molecule has 7 heteroatoms. The van der Waals surface area contributed by atoms with Gasteiger partial charge in [0.1, 0.15) is 35.6 Å². The van der Waals surface area contributed by atoms with Crippen LogP contribution in [0.2, 0.25) is 0 Å². The first-order chi connectivity index (χ1) is 13.9. The average Bonchev–Trinajstić information content (AvgIpc) is 2.71. The summed E-state index contributed by atoms with van der Waals surface area (Å²) in [5.41, 5.74) is 14.8. The largest absolute Gasteiger partial charge is 0.496 e. The van der Waals surface area contributed by atoms with Crippen molar-refractivity contribution in [3.63, 3.8) is 0 Å². The van der Waals surface area contributed by atoms with Crippen molar-refractivity contribution < 1.29 is 9.47 Å². The van der Waals surface area contributed by atoms with Crippen LogP contribution in [0.1, 0.15) is 36.5 Å². The molecule has 0 aliphatic carbocycles. The number of aromatic nitrogens is 2. The Kier molecular flexibility index (Phi) is 5.84. The fraction of sp³-hybridized carbons (Fsp3) is 0.227. The maximum Gasteiger partial charge on any atom is 0.222 e. The molecule has 0 unspecified atom stereocenters. The lowest BCUT2D eigenvalue weighted by atomic mass is 10.0. The Morgan fingerprint density at radius 3 is 2.41 bits per heavy atom. The second-order valence-corrected chi connectivity index (χ2v) is 6.84. The van der Waals surface area contributed by atoms with Gasteiger partial charge in [-0.15, -0.1) is 0 Å². The van der Waals surface area contributed by atoms with Crippen LogP contribution in [0, 0.1) is 11.3 Å². The molecule has 1 aromatic heterocycles. The Morgan fingerprint density at radius 1 is 1.07 bits per heavy atom. The zero-order valence-corrected chi connectivity index (χ0v) is 16.6. The summed E-state index contributed by atoms with van der Waals surface area (Å²) in [7, 11) is 1.59. The molecule has 0 amide bonds. The SMILES string of the molecule is COc1ccc(-c2nc(N)nc(N)c2C#N)cc1COc1ccc(C(C)C)cc1. The predicted molar refractivity (Wildman–Crippen MR) is 112 cm³/mol. The Balaban J connectivity index is 1.91. The number of nitrogens with two attached hydrogens (primary N) is 2. The van der Waals surface area contributed by atoms with E-state index < -0.39 is 0 Å². The number of hydrogen-bond donors (Lipinski definition) is 2. The summed E-state index contributed by atoms with van der Waals surface area (Å²) >= 11 is 0. The Bertz CT molecular complexity index is 1060. The van der Waals surface area contributed by atoms with Gasteiger partial charge in [-0.3, -0.25) is 0 Å². The minimum absolute atomic E-state index is 0.00959. The van der Waals surface area contributed by atoms with Gasteiger partial charge in [-0.2, -0.15) is 10.2 Å². The smallest absolute Gasteiger partial charge is 0.222 e. The van der Waals surface area contributed by atoms with Crippen molar-refractivity contribution in [2.45, 2.75) is 26.4 Å². The number of nitrogen functional groups attached to an aromatic ring is 2. The minimum atomic E-state index is 0.00959. The third-order valence-electron chi connectivity index (χ3n) is 4.56. The molecule has 0 fully saturated rings. The third-order valence-corrected chi connectivity index (χ3v) is 4.56. The minimum Gasteiger partial charge on any atom is -0.496 e. The van der Waals surface area contributed by atoms with Gasteiger partial charge in [0, 0.05) is 11.1 Å². The van der Waals surface area contributed by atoms with Gasteiger partial charge >= 0.3 is 0 Å². The zero-order valence-electron chi connectivity index (χ0n) is 16.6. The van der Waals surface area contributed by atoms with E-state index in [0.717, 1.165) is 11.3 Å². The van der Waals surface area contributed by atoms with Crippen molar-refractivity contribution in [3.05, 3.63) is 59.2 Å². The summed E-state index contributed by atoms with van der Waals surface area (Å²) in [5, 5.41) is 9.43. The summed E-state index contributed by atoms with van der Waals surface area (Å²) < 4.78 is 11.4. The van der Waals surface area contributed by atoms with Crippen molar-refractivity contribution in [1.82, 2.24) is 9.97 Å². The van der Waals surface area contributed by atoms with Crippen molar-refractivity contribution >= 4 is 11.8 Å². The van der Waals surface area contributed by atoms with Crippen LogP contribution in [0.5, 0.6) is 11.5 Å². The van der Waals surface area contributed by atoms with Gasteiger partial charge in [0.15, 0.2) is 0 Å². The lowest BCUT2D eigenvalue weighted by molar-refractivity contribution is 0.296. The Morgan fingerprint density at radius 2 is 1.79 bits per heavy atom. The summed E-state index contributed by atoms with van der Waals surface area (Å²) in [4.78, 5) is 8.05. The molecule has 3 rings (SSSR count). The topological polar surface area (TPSA) is 120 Å². The van der Waals surface area contributed by atoms with Crippen molar-refractivity contribution in [2.24, 2.45) is 0 Å². The molecule has 29 heavy (non-hydrogen) atoms. The van der Waals surface area contributed by atoms with E-state index in [1.165, 1.54) is 5.56 Å². The second-order valence-electron chi connectivity index (χ2n) is 6.84. The highest BCUT2D eigenvalue weighted by atomic mass is 16.5. The summed E-state index contributed by atoms with van der Waals surface area (Å²) in [6.07, 6.45) is 0. The van der Waals surface area contributed by atoms with E-state index in [2.05, 4.69) is 35.9 Å². The maximum atomic E-state index is 9.43. The van der Waals surface area contributed by atoms with Gasteiger partial charge in [0.2, 0.25) is 5.95 Å². The molecule has 0 saturated heterocycles. The first-order valence-corrected chi connectivity index (χ1v) is 9.16. The van der Waals surface area contributed by atoms with Crippen LogP contribution in [0.4, 0.5) is 11.8 Å². The Labute approximate surface area is 169 Å². The van der Waals surface area contributed by atoms with Crippen LogP contribution in [-0.4, -0.2) is 17.1 Å². The summed E-state index contributed by atoms with van der Waals surface area (Å²) in [5.74, 6) is 1.95. The zero-order chi connectivity index (χ0) is 21.0. The molecule has 0 aliphatic heterocycles. The van der Waals surface area contributed by atoms with Crippen LogP contribution in [0.3, 0.4) is 0 Å². The summed E-state index contributed by atoms with van der Waals surface area (Å²) in [6, 6.07) is 15.5. The van der Waals surface area contributed by atoms with Crippen molar-refractivity contribution in [1.29, 1.82) is 5.26 Å². The van der Waals surface area contributed by atoms with E-state index in [1.807, 2.05) is 24.3 Å². The number of anilines is 2. The highest BCUT2D eigenvalue weighted by Crippen LogP contribution is 2.30. The molecule has 0 spiro atoms. The number of nitriles is 1. The molecular weight excluding hydrogens is 366 g/mol. The average molecular weight is 389 g/mol. The van der Waals surface area contributed by atoms with Crippen molar-refractivity contribution in [2.75, 3.05) is 18.6 Å². The molecule has 3 aromatic rings. The maximum absolute atomic E-state index is 9.43. The number of ether oxygens (including phenoxy) is 2. The van der Waals surface area contributed by atoms with E-state index >= 15 is 0 Å². The fourth-order valence-electron chi connectivity index (χ4n) is 2.96. The van der Waals surface area contributed by atoms with E-state index in [-0.39, 0.29) is 23.9 Å². The van der Waals surface area contributed by atoms with Crippen LogP contribution in [0.15, 0.2) is 42.5 Å². The number of rotatable bonds is 6. The third kappa shape index (κ3) is 4.38. The highest BCUT2D eigenvalue weighted by Gasteiger charge is 2.15. The quantitative estimate of drug-likeness (QED) is 0.656. The van der Waals surface area contributed by atoms with Crippen molar-refractivity contribution in [3.8, 4) is 28.8 Å². The molecular formula is C22H23N5O2. The number of hydrogen-bond acceptors (Lipinski definition) is 7. The molecule has 4 N–H and O–H groups in total. The fourth-order valence-corrected chi connectivity index (χ4v) is 2.96. The van der Waals surface area contributed by atoms with Gasteiger partial charge in [-0.25, -0.2) is 4.98 Å². The molecule has 0 radical (unpaired) electrons. The van der Waals surface area contributed by atoms with E-state index in [9.17, 15) is 5.26 Å². The van der Waals surface area contributed by atoms with E-state index in [1.54, 1.807) is 19.2 Å². The molecule has 1 heterocycles. The number of nitrogens with zero attached hydrogens (tertiary/aromatic N) is 3. The Hall–Kier alpha value is -3.79. The van der Waals surface area contributed by atoms with Crippen LogP contribution in [0.25, 0.3) is 11.3 Å². The monoisotopic (exact) mass is 389 g/mol. The molecule has 0 saturated carbocycles. The van der Waals surface area contributed by atoms with Gasteiger partial charge in [-0.1, -0.05) is 26.0 Å². The summed E-state index contributed by atoms with van der Waals surface area (Å²) in [6.45, 7) is 4.58. The molecule has 0 bridgehead atoms. The molecule has 7 nitrogen and oxygen atoms in total. The van der Waals surface area contributed by atoms with Gasteiger partial charge in [0.25, 0.3) is 0 Å². The van der Waals surface area contributed by atoms with Crippen LogP contribution in [-0.2, 0) is 6.61 Å². The first-order valence-electron chi connectivity index (χ1n) is 9.16. The molecule has 2 aromatic carbocycles. The van der Waals surface area contributed by atoms with Gasteiger partial charge in [-0.05, 0) is 41.8 Å². The van der Waals surface area contributed by atoms with Crippen LogP contribution < -0.4 is 20.9 Å². The normalized spacial score (nSPS) is 10.6. The molecule has 148 valence electrons.